The van der Waals surface area contributed by atoms with Crippen LogP contribution in [0.3, 0.4) is 0 Å². The molecule has 0 aromatic heterocycles. The maximum Gasteiger partial charge on any atom is 0.312 e. The van der Waals surface area contributed by atoms with Crippen molar-refractivity contribution in [2.45, 2.75) is 13.5 Å². The second kappa shape index (κ2) is 5.97. The third kappa shape index (κ3) is 3.44. The molecule has 1 rings (SSSR count). The summed E-state index contributed by atoms with van der Waals surface area (Å²) >= 11 is 0. The summed E-state index contributed by atoms with van der Waals surface area (Å²) in [6.07, 6.45) is 5.78. The molecule has 0 aliphatic heterocycles. The molecule has 0 unspecified atom stereocenters. The van der Waals surface area contributed by atoms with Crippen LogP contribution >= 0.6 is 0 Å². The van der Waals surface area contributed by atoms with Crippen LogP contribution in [0.5, 0.6) is 0 Å². The highest BCUT2D eigenvalue weighted by Crippen LogP contribution is 2.02. The zero-order chi connectivity index (χ0) is 10.2. The standard InChI is InChI=1S/C12H14NO/c1-2-3-9-13(11-14)10-12-7-5-4-6-8-12/h2-8H,9-10H2,1H3/b3-2+. The van der Waals surface area contributed by atoms with Crippen LogP contribution in [0.15, 0.2) is 42.5 Å². The van der Waals surface area contributed by atoms with Gasteiger partial charge in [-0.2, -0.15) is 0 Å². The normalized spacial score (nSPS) is 10.4. The van der Waals surface area contributed by atoms with Gasteiger partial charge in [-0.3, -0.25) is 4.79 Å². The lowest BCUT2D eigenvalue weighted by Gasteiger charge is -2.13. The summed E-state index contributed by atoms with van der Waals surface area (Å²) in [5.74, 6) is 0. The number of nitrogens with zero attached hydrogens (tertiary/aromatic N) is 1. The van der Waals surface area contributed by atoms with Crippen LogP contribution in [0.1, 0.15) is 12.5 Å². The van der Waals surface area contributed by atoms with E-state index < -0.39 is 0 Å². The fourth-order valence-corrected chi connectivity index (χ4v) is 1.17. The highest BCUT2D eigenvalue weighted by molar-refractivity contribution is 5.48. The molecular weight excluding hydrogens is 174 g/mol. The van der Waals surface area contributed by atoms with Crippen LogP contribution in [-0.2, 0) is 11.3 Å². The Morgan fingerprint density at radius 1 is 1.36 bits per heavy atom. The van der Waals surface area contributed by atoms with Crippen LogP contribution in [-0.4, -0.2) is 17.9 Å². The zero-order valence-electron chi connectivity index (χ0n) is 8.31. The fourth-order valence-electron chi connectivity index (χ4n) is 1.17. The van der Waals surface area contributed by atoms with E-state index in [2.05, 4.69) is 0 Å². The van der Waals surface area contributed by atoms with E-state index in [-0.39, 0.29) is 0 Å². The first-order valence-corrected chi connectivity index (χ1v) is 4.64. The van der Waals surface area contributed by atoms with Crippen molar-refractivity contribution in [3.05, 3.63) is 48.0 Å². The lowest BCUT2D eigenvalue weighted by Crippen LogP contribution is -2.21. The number of amides is 1. The van der Waals surface area contributed by atoms with E-state index in [1.165, 1.54) is 0 Å². The minimum atomic E-state index is 0.620. The largest absolute Gasteiger partial charge is 0.326 e. The van der Waals surface area contributed by atoms with Gasteiger partial charge in [-0.1, -0.05) is 42.5 Å². The lowest BCUT2D eigenvalue weighted by molar-refractivity contribution is 0.403. The summed E-state index contributed by atoms with van der Waals surface area (Å²) in [6.45, 7) is 3.18. The van der Waals surface area contributed by atoms with Crippen LogP contribution < -0.4 is 0 Å². The topological polar surface area (TPSA) is 20.3 Å². The molecule has 0 fully saturated rings. The molecule has 0 atom stereocenters. The molecule has 0 bridgehead atoms. The SMILES string of the molecule is C/C=C/CN([C]=O)Cc1ccccc1. The Kier molecular flexibility index (Phi) is 4.48. The van der Waals surface area contributed by atoms with Crippen LogP contribution in [0, 0.1) is 0 Å². The molecule has 1 amide bonds. The van der Waals surface area contributed by atoms with E-state index in [9.17, 15) is 4.79 Å². The van der Waals surface area contributed by atoms with Crippen LogP contribution in [0.4, 0.5) is 0 Å². The number of rotatable bonds is 5. The van der Waals surface area contributed by atoms with E-state index >= 15 is 0 Å². The van der Waals surface area contributed by atoms with E-state index in [1.54, 1.807) is 4.90 Å². The second-order valence-electron chi connectivity index (χ2n) is 3.03. The molecule has 0 aliphatic carbocycles. The molecule has 0 N–H and O–H groups in total. The number of carbonyl (C=O) groups excluding carboxylic acids is 1. The minimum Gasteiger partial charge on any atom is -0.326 e. The summed E-state index contributed by atoms with van der Waals surface area (Å²) < 4.78 is 0. The third-order valence-corrected chi connectivity index (χ3v) is 1.91. The van der Waals surface area contributed by atoms with Crippen molar-refractivity contribution < 1.29 is 4.79 Å². The monoisotopic (exact) mass is 188 g/mol. The Morgan fingerprint density at radius 3 is 2.64 bits per heavy atom. The van der Waals surface area contributed by atoms with Crippen molar-refractivity contribution in [1.82, 2.24) is 4.90 Å². The van der Waals surface area contributed by atoms with Crippen molar-refractivity contribution in [3.63, 3.8) is 0 Å². The Bertz CT molecular complexity index is 292. The summed E-state index contributed by atoms with van der Waals surface area (Å²) in [5, 5.41) is 0. The van der Waals surface area contributed by atoms with Crippen LogP contribution in [0.25, 0.3) is 0 Å². The number of hydrogen-bond acceptors (Lipinski definition) is 1. The molecule has 1 aromatic rings. The van der Waals surface area contributed by atoms with Crippen molar-refractivity contribution in [3.8, 4) is 0 Å². The second-order valence-corrected chi connectivity index (χ2v) is 3.03. The average Bonchev–Trinajstić information content (AvgIpc) is 2.25. The molecule has 0 aliphatic rings. The highest BCUT2D eigenvalue weighted by Gasteiger charge is 2.00. The van der Waals surface area contributed by atoms with Gasteiger partial charge in [0.15, 0.2) is 0 Å². The van der Waals surface area contributed by atoms with Gasteiger partial charge in [-0.05, 0) is 12.5 Å². The maximum absolute atomic E-state index is 10.6. The third-order valence-electron chi connectivity index (χ3n) is 1.91. The highest BCUT2D eigenvalue weighted by atomic mass is 16.1. The lowest BCUT2D eigenvalue weighted by atomic mass is 10.2. The summed E-state index contributed by atoms with van der Waals surface area (Å²) in [6, 6.07) is 9.90. The molecule has 73 valence electrons. The first kappa shape index (κ1) is 10.5. The molecule has 2 heteroatoms. The van der Waals surface area contributed by atoms with Crippen molar-refractivity contribution in [2.24, 2.45) is 0 Å². The predicted octanol–water partition coefficient (Wildman–Crippen LogP) is 2.13. The van der Waals surface area contributed by atoms with Gasteiger partial charge in [0.25, 0.3) is 0 Å². The summed E-state index contributed by atoms with van der Waals surface area (Å²) in [7, 11) is 0. The molecule has 0 saturated carbocycles. The Morgan fingerprint density at radius 2 is 2.07 bits per heavy atom. The maximum atomic E-state index is 10.6. The Balaban J connectivity index is 2.52. The molecule has 1 radical (unpaired) electrons. The first-order valence-electron chi connectivity index (χ1n) is 4.64. The van der Waals surface area contributed by atoms with E-state index in [0.717, 1.165) is 5.56 Å². The molecule has 0 spiro atoms. The minimum absolute atomic E-state index is 0.620. The molecule has 14 heavy (non-hydrogen) atoms. The fraction of sp³-hybridized carbons (Fsp3) is 0.250. The predicted molar refractivity (Wildman–Crippen MR) is 57.4 cm³/mol. The van der Waals surface area contributed by atoms with Crippen molar-refractivity contribution in [2.75, 3.05) is 6.54 Å². The quantitative estimate of drug-likeness (QED) is 0.512. The number of allylic oxidation sites excluding steroid dienone is 1. The van der Waals surface area contributed by atoms with Crippen molar-refractivity contribution >= 4 is 6.41 Å². The molecule has 1 aromatic carbocycles. The molecule has 2 nitrogen and oxygen atoms in total. The molecule has 0 saturated heterocycles. The van der Waals surface area contributed by atoms with E-state index in [0.29, 0.717) is 13.1 Å². The first-order chi connectivity index (χ1) is 6.86. The van der Waals surface area contributed by atoms with Gasteiger partial charge in [-0.15, -0.1) is 0 Å². The summed E-state index contributed by atoms with van der Waals surface area (Å²) in [5.41, 5.74) is 1.13. The number of benzene rings is 1. The number of hydrogen-bond donors (Lipinski definition) is 0. The van der Waals surface area contributed by atoms with Gasteiger partial charge in [0.05, 0.1) is 0 Å². The van der Waals surface area contributed by atoms with E-state index in [4.69, 9.17) is 0 Å². The van der Waals surface area contributed by atoms with Gasteiger partial charge >= 0.3 is 6.41 Å². The zero-order valence-corrected chi connectivity index (χ0v) is 8.31. The van der Waals surface area contributed by atoms with Gasteiger partial charge in [0.1, 0.15) is 0 Å². The van der Waals surface area contributed by atoms with Gasteiger partial charge in [-0.25, -0.2) is 0 Å². The Labute approximate surface area is 84.9 Å². The van der Waals surface area contributed by atoms with E-state index in [1.807, 2.05) is 55.8 Å². The average molecular weight is 188 g/mol. The van der Waals surface area contributed by atoms with Crippen molar-refractivity contribution in [1.29, 1.82) is 0 Å². The summed E-state index contributed by atoms with van der Waals surface area (Å²) in [4.78, 5) is 12.2. The Hall–Kier alpha value is -1.57. The molecule has 0 heterocycles. The van der Waals surface area contributed by atoms with Crippen LogP contribution in [0.2, 0.25) is 0 Å². The molecular formula is C12H14NO. The van der Waals surface area contributed by atoms with Gasteiger partial charge in [0, 0.05) is 13.1 Å². The van der Waals surface area contributed by atoms with Gasteiger partial charge < -0.3 is 4.90 Å². The van der Waals surface area contributed by atoms with Gasteiger partial charge in [0.2, 0.25) is 0 Å². The smallest absolute Gasteiger partial charge is 0.312 e.